The van der Waals surface area contributed by atoms with Gasteiger partial charge in [-0.25, -0.2) is 0 Å². The quantitative estimate of drug-likeness (QED) is 0.763. The highest BCUT2D eigenvalue weighted by atomic mass is 32.1. The van der Waals surface area contributed by atoms with Crippen LogP contribution >= 0.6 is 12.2 Å². The molecule has 1 amide bonds. The van der Waals surface area contributed by atoms with E-state index in [9.17, 15) is 4.79 Å². The van der Waals surface area contributed by atoms with Crippen molar-refractivity contribution in [2.45, 2.75) is 18.9 Å². The van der Waals surface area contributed by atoms with E-state index < -0.39 is 5.91 Å². The number of amides is 1. The first-order valence-electron chi connectivity index (χ1n) is 7.18. The van der Waals surface area contributed by atoms with Gasteiger partial charge in [0.1, 0.15) is 0 Å². The Morgan fingerprint density at radius 1 is 1.14 bits per heavy atom. The number of benzene rings is 2. The van der Waals surface area contributed by atoms with Gasteiger partial charge in [0.05, 0.1) is 6.04 Å². The Labute approximate surface area is 134 Å². The standard InChI is InChI=1S/C17H17N3OS/c18-16(21)12-5-8-13(9-6-12)19-17(22)20-15-10-7-11-3-1-2-4-14(11)15/h1-6,8-9,15H,7,10H2,(H2,18,21)(H2,19,20,22). The maximum Gasteiger partial charge on any atom is 0.248 e. The summed E-state index contributed by atoms with van der Waals surface area (Å²) in [7, 11) is 0. The summed E-state index contributed by atoms with van der Waals surface area (Å²) in [6.07, 6.45) is 2.12. The van der Waals surface area contributed by atoms with E-state index in [-0.39, 0.29) is 6.04 Å². The summed E-state index contributed by atoms with van der Waals surface area (Å²) in [5, 5.41) is 7.06. The lowest BCUT2D eigenvalue weighted by Gasteiger charge is -2.17. The molecule has 1 atom stereocenters. The Morgan fingerprint density at radius 3 is 2.59 bits per heavy atom. The number of carbonyl (C=O) groups is 1. The topological polar surface area (TPSA) is 67.2 Å². The summed E-state index contributed by atoms with van der Waals surface area (Å²) in [4.78, 5) is 11.0. The Morgan fingerprint density at radius 2 is 1.86 bits per heavy atom. The van der Waals surface area contributed by atoms with Crippen molar-refractivity contribution >= 4 is 28.9 Å². The second-order valence-electron chi connectivity index (χ2n) is 5.33. The van der Waals surface area contributed by atoms with Gasteiger partial charge in [-0.1, -0.05) is 24.3 Å². The fourth-order valence-corrected chi connectivity index (χ4v) is 3.01. The lowest BCUT2D eigenvalue weighted by atomic mass is 10.1. The number of aryl methyl sites for hydroxylation is 1. The van der Waals surface area contributed by atoms with E-state index in [0.29, 0.717) is 10.7 Å². The molecular weight excluding hydrogens is 294 g/mol. The summed E-state index contributed by atoms with van der Waals surface area (Å²) in [5.41, 5.74) is 9.23. The predicted octanol–water partition coefficient (Wildman–Crippen LogP) is 2.76. The highest BCUT2D eigenvalue weighted by molar-refractivity contribution is 7.80. The molecule has 22 heavy (non-hydrogen) atoms. The number of carbonyl (C=O) groups excluding carboxylic acids is 1. The van der Waals surface area contributed by atoms with Crippen LogP contribution in [0.4, 0.5) is 5.69 Å². The second-order valence-corrected chi connectivity index (χ2v) is 5.74. The number of nitrogens with two attached hydrogens (primary N) is 1. The molecule has 4 nitrogen and oxygen atoms in total. The van der Waals surface area contributed by atoms with Crippen LogP contribution in [0.15, 0.2) is 48.5 Å². The maximum absolute atomic E-state index is 11.0. The number of fused-ring (bicyclic) bond motifs is 1. The van der Waals surface area contributed by atoms with Gasteiger partial charge in [0, 0.05) is 11.3 Å². The second kappa shape index (κ2) is 6.15. The first kappa shape index (κ1) is 14.5. The van der Waals surface area contributed by atoms with Gasteiger partial charge < -0.3 is 16.4 Å². The third-order valence-corrected chi connectivity index (χ3v) is 4.09. The number of hydrogen-bond donors (Lipinski definition) is 3. The Balaban J connectivity index is 1.62. The zero-order chi connectivity index (χ0) is 15.5. The summed E-state index contributed by atoms with van der Waals surface area (Å²) >= 11 is 5.37. The summed E-state index contributed by atoms with van der Waals surface area (Å²) in [6, 6.07) is 15.6. The highest BCUT2D eigenvalue weighted by Gasteiger charge is 2.22. The van der Waals surface area contributed by atoms with Gasteiger partial charge >= 0.3 is 0 Å². The molecule has 0 heterocycles. The van der Waals surface area contributed by atoms with E-state index >= 15 is 0 Å². The number of nitrogens with one attached hydrogen (secondary N) is 2. The zero-order valence-corrected chi connectivity index (χ0v) is 12.8. The lowest BCUT2D eigenvalue weighted by molar-refractivity contribution is 0.100. The highest BCUT2D eigenvalue weighted by Crippen LogP contribution is 2.30. The molecule has 1 aliphatic rings. The van der Waals surface area contributed by atoms with Crippen LogP contribution in [0.25, 0.3) is 0 Å². The smallest absolute Gasteiger partial charge is 0.248 e. The van der Waals surface area contributed by atoms with Crippen LogP contribution < -0.4 is 16.4 Å². The van der Waals surface area contributed by atoms with Gasteiger partial charge in [-0.3, -0.25) is 4.79 Å². The monoisotopic (exact) mass is 311 g/mol. The molecule has 0 bridgehead atoms. The molecule has 0 aromatic heterocycles. The van der Waals surface area contributed by atoms with Crippen molar-refractivity contribution in [1.82, 2.24) is 5.32 Å². The SMILES string of the molecule is NC(=O)c1ccc(NC(=S)NC2CCc3ccccc32)cc1. The van der Waals surface area contributed by atoms with Crippen LogP contribution in [-0.4, -0.2) is 11.0 Å². The molecule has 4 N–H and O–H groups in total. The minimum atomic E-state index is -0.435. The molecule has 1 unspecified atom stereocenters. The molecule has 2 aromatic carbocycles. The van der Waals surface area contributed by atoms with E-state index in [4.69, 9.17) is 18.0 Å². The van der Waals surface area contributed by atoms with Crippen LogP contribution in [0.5, 0.6) is 0 Å². The molecule has 0 fully saturated rings. The van der Waals surface area contributed by atoms with E-state index in [1.807, 2.05) is 0 Å². The number of anilines is 1. The molecule has 0 aliphatic heterocycles. The van der Waals surface area contributed by atoms with E-state index in [0.717, 1.165) is 18.5 Å². The van der Waals surface area contributed by atoms with Crippen LogP contribution in [0.2, 0.25) is 0 Å². The maximum atomic E-state index is 11.0. The first-order chi connectivity index (χ1) is 10.6. The van der Waals surface area contributed by atoms with Crippen LogP contribution in [0.1, 0.15) is 33.9 Å². The average molecular weight is 311 g/mol. The molecule has 1 aliphatic carbocycles. The third-order valence-electron chi connectivity index (χ3n) is 3.87. The number of primary amides is 1. The molecule has 0 radical (unpaired) electrons. The van der Waals surface area contributed by atoms with Crippen LogP contribution in [0, 0.1) is 0 Å². The molecule has 3 rings (SSSR count). The molecule has 112 valence electrons. The van der Waals surface area contributed by atoms with Gasteiger partial charge in [0.25, 0.3) is 0 Å². The lowest BCUT2D eigenvalue weighted by Crippen LogP contribution is -2.31. The van der Waals surface area contributed by atoms with Crippen LogP contribution in [-0.2, 0) is 6.42 Å². The zero-order valence-electron chi connectivity index (χ0n) is 12.0. The number of rotatable bonds is 3. The van der Waals surface area contributed by atoms with Crippen molar-refractivity contribution in [3.8, 4) is 0 Å². The molecule has 0 saturated heterocycles. The fourth-order valence-electron chi connectivity index (χ4n) is 2.75. The van der Waals surface area contributed by atoms with E-state index in [2.05, 4.69) is 34.9 Å². The number of thiocarbonyl (C=S) groups is 1. The minimum Gasteiger partial charge on any atom is -0.366 e. The first-order valence-corrected chi connectivity index (χ1v) is 7.59. The van der Waals surface area contributed by atoms with Gasteiger partial charge in [0.15, 0.2) is 5.11 Å². The summed E-state index contributed by atoms with van der Waals surface area (Å²) < 4.78 is 0. The van der Waals surface area contributed by atoms with Crippen molar-refractivity contribution in [3.05, 3.63) is 65.2 Å². The normalized spacial score (nSPS) is 15.9. The van der Waals surface area contributed by atoms with Crippen molar-refractivity contribution in [2.75, 3.05) is 5.32 Å². The molecular formula is C17H17N3OS. The van der Waals surface area contributed by atoms with Crippen molar-refractivity contribution in [3.63, 3.8) is 0 Å². The fraction of sp³-hybridized carbons (Fsp3) is 0.176. The molecule has 0 saturated carbocycles. The summed E-state index contributed by atoms with van der Waals surface area (Å²) in [5.74, 6) is -0.435. The Hall–Kier alpha value is -2.40. The van der Waals surface area contributed by atoms with Crippen molar-refractivity contribution in [2.24, 2.45) is 5.73 Å². The predicted molar refractivity (Wildman–Crippen MR) is 91.8 cm³/mol. The third kappa shape index (κ3) is 3.09. The minimum absolute atomic E-state index is 0.251. The number of hydrogen-bond acceptors (Lipinski definition) is 2. The van der Waals surface area contributed by atoms with Crippen LogP contribution in [0.3, 0.4) is 0 Å². The molecule has 2 aromatic rings. The molecule has 0 spiro atoms. The van der Waals surface area contributed by atoms with Gasteiger partial charge in [0.2, 0.25) is 5.91 Å². The van der Waals surface area contributed by atoms with E-state index in [1.165, 1.54) is 11.1 Å². The Bertz CT molecular complexity index is 712. The molecule has 5 heteroatoms. The average Bonchev–Trinajstić information content (AvgIpc) is 2.91. The van der Waals surface area contributed by atoms with E-state index in [1.54, 1.807) is 24.3 Å². The largest absolute Gasteiger partial charge is 0.366 e. The summed E-state index contributed by atoms with van der Waals surface area (Å²) in [6.45, 7) is 0. The van der Waals surface area contributed by atoms with Crippen molar-refractivity contribution < 1.29 is 4.79 Å². The van der Waals surface area contributed by atoms with Crippen molar-refractivity contribution in [1.29, 1.82) is 0 Å². The van der Waals surface area contributed by atoms with Gasteiger partial charge in [-0.2, -0.15) is 0 Å². The van der Waals surface area contributed by atoms with Gasteiger partial charge in [-0.05, 0) is 60.5 Å². The van der Waals surface area contributed by atoms with Gasteiger partial charge in [-0.15, -0.1) is 0 Å². The Kier molecular flexibility index (Phi) is 4.06.